The standard InChI is InChI=1S/C17H14N4/c1-11-3-4-15(9-12(11)2)13-5-7-14(8-6-13)17-16(10-18)19-21-20-17/h3-9H,1-2H3,(H,19,20,21). The lowest BCUT2D eigenvalue weighted by atomic mass is 9.99. The number of aromatic amines is 1. The van der Waals surface area contributed by atoms with Crippen LogP contribution in [0.3, 0.4) is 0 Å². The van der Waals surface area contributed by atoms with E-state index in [1.807, 2.05) is 24.3 Å². The Labute approximate surface area is 123 Å². The van der Waals surface area contributed by atoms with E-state index in [1.165, 1.54) is 16.7 Å². The fraction of sp³-hybridized carbons (Fsp3) is 0.118. The summed E-state index contributed by atoms with van der Waals surface area (Å²) in [5.74, 6) is 0. The van der Waals surface area contributed by atoms with E-state index in [4.69, 9.17) is 5.26 Å². The minimum Gasteiger partial charge on any atom is -0.247 e. The lowest BCUT2D eigenvalue weighted by Gasteiger charge is -2.06. The molecule has 0 spiro atoms. The second-order valence-corrected chi connectivity index (χ2v) is 5.02. The van der Waals surface area contributed by atoms with Crippen molar-refractivity contribution < 1.29 is 0 Å². The number of aryl methyl sites for hydroxylation is 2. The quantitative estimate of drug-likeness (QED) is 0.776. The van der Waals surface area contributed by atoms with Gasteiger partial charge in [0.15, 0.2) is 5.69 Å². The van der Waals surface area contributed by atoms with Gasteiger partial charge in [-0.3, -0.25) is 0 Å². The van der Waals surface area contributed by atoms with Crippen molar-refractivity contribution in [2.75, 3.05) is 0 Å². The lowest BCUT2D eigenvalue weighted by molar-refractivity contribution is 0.937. The smallest absolute Gasteiger partial charge is 0.163 e. The van der Waals surface area contributed by atoms with Gasteiger partial charge in [-0.15, -0.1) is 5.10 Å². The fourth-order valence-corrected chi connectivity index (χ4v) is 2.25. The van der Waals surface area contributed by atoms with Crippen LogP contribution in [0, 0.1) is 25.2 Å². The van der Waals surface area contributed by atoms with Gasteiger partial charge in [0.05, 0.1) is 0 Å². The average molecular weight is 274 g/mol. The van der Waals surface area contributed by atoms with Crippen molar-refractivity contribution in [1.82, 2.24) is 15.4 Å². The van der Waals surface area contributed by atoms with Crippen molar-refractivity contribution in [3.63, 3.8) is 0 Å². The van der Waals surface area contributed by atoms with Crippen LogP contribution in [0.1, 0.15) is 16.8 Å². The number of hydrogen-bond donors (Lipinski definition) is 1. The van der Waals surface area contributed by atoms with Crippen LogP contribution in [0.5, 0.6) is 0 Å². The summed E-state index contributed by atoms with van der Waals surface area (Å²) in [7, 11) is 0. The van der Waals surface area contributed by atoms with Crippen molar-refractivity contribution in [2.24, 2.45) is 0 Å². The molecule has 102 valence electrons. The molecule has 0 bridgehead atoms. The molecule has 0 saturated carbocycles. The Morgan fingerprint density at radius 3 is 2.24 bits per heavy atom. The molecule has 0 aliphatic carbocycles. The minimum atomic E-state index is 0.383. The van der Waals surface area contributed by atoms with Gasteiger partial charge in [0.25, 0.3) is 0 Å². The number of rotatable bonds is 2. The molecule has 1 N–H and O–H groups in total. The molecule has 3 aromatic rings. The molecule has 0 amide bonds. The first kappa shape index (κ1) is 13.1. The Morgan fingerprint density at radius 2 is 1.57 bits per heavy atom. The molecule has 21 heavy (non-hydrogen) atoms. The van der Waals surface area contributed by atoms with Gasteiger partial charge in [-0.1, -0.05) is 47.7 Å². The maximum atomic E-state index is 9.00. The molecule has 0 saturated heterocycles. The Hall–Kier alpha value is -2.93. The van der Waals surface area contributed by atoms with Gasteiger partial charge in [0.1, 0.15) is 11.8 Å². The van der Waals surface area contributed by atoms with E-state index >= 15 is 0 Å². The van der Waals surface area contributed by atoms with E-state index < -0.39 is 0 Å². The zero-order chi connectivity index (χ0) is 14.8. The summed E-state index contributed by atoms with van der Waals surface area (Å²) >= 11 is 0. The number of nitrogens with one attached hydrogen (secondary N) is 1. The molecule has 0 aliphatic rings. The Morgan fingerprint density at radius 1 is 0.905 bits per heavy atom. The summed E-state index contributed by atoms with van der Waals surface area (Å²) < 4.78 is 0. The van der Waals surface area contributed by atoms with Gasteiger partial charge in [-0.05, 0) is 36.1 Å². The van der Waals surface area contributed by atoms with Crippen molar-refractivity contribution in [2.45, 2.75) is 13.8 Å². The third-order valence-corrected chi connectivity index (χ3v) is 3.66. The van der Waals surface area contributed by atoms with Crippen molar-refractivity contribution in [3.8, 4) is 28.5 Å². The second kappa shape index (κ2) is 5.22. The van der Waals surface area contributed by atoms with Gasteiger partial charge >= 0.3 is 0 Å². The molecule has 2 aromatic carbocycles. The molecule has 0 radical (unpaired) electrons. The summed E-state index contributed by atoms with van der Waals surface area (Å²) in [6.07, 6.45) is 0. The molecule has 1 aromatic heterocycles. The molecule has 0 aliphatic heterocycles. The van der Waals surface area contributed by atoms with E-state index in [9.17, 15) is 0 Å². The highest BCUT2D eigenvalue weighted by Gasteiger charge is 2.09. The highest BCUT2D eigenvalue weighted by atomic mass is 15.3. The number of nitrogens with zero attached hydrogens (tertiary/aromatic N) is 3. The topological polar surface area (TPSA) is 65.4 Å². The van der Waals surface area contributed by atoms with Gasteiger partial charge in [0, 0.05) is 5.56 Å². The van der Waals surface area contributed by atoms with Crippen LogP contribution in [0.15, 0.2) is 42.5 Å². The monoisotopic (exact) mass is 274 g/mol. The molecule has 3 rings (SSSR count). The Balaban J connectivity index is 1.98. The summed E-state index contributed by atoms with van der Waals surface area (Å²) in [6, 6.07) is 16.5. The SMILES string of the molecule is Cc1ccc(-c2ccc(-c3nn[nH]c3C#N)cc2)cc1C. The van der Waals surface area contributed by atoms with E-state index in [2.05, 4.69) is 53.5 Å². The minimum absolute atomic E-state index is 0.383. The third kappa shape index (κ3) is 2.41. The van der Waals surface area contributed by atoms with Gasteiger partial charge in [-0.25, -0.2) is 5.10 Å². The number of H-pyrrole nitrogens is 1. The first-order valence-electron chi connectivity index (χ1n) is 6.68. The lowest BCUT2D eigenvalue weighted by Crippen LogP contribution is -1.85. The molecule has 0 atom stereocenters. The molecule has 4 nitrogen and oxygen atoms in total. The summed E-state index contributed by atoms with van der Waals surface area (Å²) in [4.78, 5) is 0. The molecular formula is C17H14N4. The van der Waals surface area contributed by atoms with Crippen LogP contribution in [0.2, 0.25) is 0 Å². The molecule has 0 fully saturated rings. The van der Waals surface area contributed by atoms with Crippen molar-refractivity contribution >= 4 is 0 Å². The van der Waals surface area contributed by atoms with Gasteiger partial charge < -0.3 is 0 Å². The number of nitriles is 1. The van der Waals surface area contributed by atoms with Crippen molar-refractivity contribution in [3.05, 3.63) is 59.3 Å². The maximum Gasteiger partial charge on any atom is 0.163 e. The van der Waals surface area contributed by atoms with Gasteiger partial charge in [0.2, 0.25) is 0 Å². The van der Waals surface area contributed by atoms with Crippen LogP contribution >= 0.6 is 0 Å². The zero-order valence-corrected chi connectivity index (χ0v) is 11.9. The Bertz CT molecular complexity index is 823. The summed E-state index contributed by atoms with van der Waals surface area (Å²) in [5.41, 5.74) is 6.75. The first-order chi connectivity index (χ1) is 10.2. The second-order valence-electron chi connectivity index (χ2n) is 5.02. The van der Waals surface area contributed by atoms with E-state index in [-0.39, 0.29) is 0 Å². The summed E-state index contributed by atoms with van der Waals surface area (Å²) in [6.45, 7) is 4.22. The van der Waals surface area contributed by atoms with Crippen LogP contribution < -0.4 is 0 Å². The van der Waals surface area contributed by atoms with E-state index in [0.717, 1.165) is 11.1 Å². The predicted octanol–water partition coefficient (Wildman–Crippen LogP) is 3.63. The van der Waals surface area contributed by atoms with Crippen LogP contribution in [-0.4, -0.2) is 15.4 Å². The van der Waals surface area contributed by atoms with E-state index in [1.54, 1.807) is 0 Å². The van der Waals surface area contributed by atoms with Crippen LogP contribution in [-0.2, 0) is 0 Å². The van der Waals surface area contributed by atoms with E-state index in [0.29, 0.717) is 11.4 Å². The molecule has 4 heteroatoms. The summed E-state index contributed by atoms with van der Waals surface area (Å²) in [5, 5.41) is 19.2. The van der Waals surface area contributed by atoms with Crippen LogP contribution in [0.4, 0.5) is 0 Å². The van der Waals surface area contributed by atoms with Crippen molar-refractivity contribution in [1.29, 1.82) is 5.26 Å². The Kier molecular flexibility index (Phi) is 3.25. The normalized spacial score (nSPS) is 10.3. The predicted molar refractivity (Wildman–Crippen MR) is 81.4 cm³/mol. The molecule has 0 unspecified atom stereocenters. The third-order valence-electron chi connectivity index (χ3n) is 3.66. The average Bonchev–Trinajstić information content (AvgIpc) is 2.99. The number of hydrogen-bond acceptors (Lipinski definition) is 3. The maximum absolute atomic E-state index is 9.00. The van der Waals surface area contributed by atoms with Gasteiger partial charge in [-0.2, -0.15) is 5.26 Å². The zero-order valence-electron chi connectivity index (χ0n) is 11.9. The largest absolute Gasteiger partial charge is 0.247 e. The molecular weight excluding hydrogens is 260 g/mol. The highest BCUT2D eigenvalue weighted by molar-refractivity contribution is 5.71. The first-order valence-corrected chi connectivity index (χ1v) is 6.68. The number of benzene rings is 2. The number of aromatic nitrogens is 3. The highest BCUT2D eigenvalue weighted by Crippen LogP contribution is 2.26. The van der Waals surface area contributed by atoms with Crippen LogP contribution in [0.25, 0.3) is 22.4 Å². The molecule has 1 heterocycles. The fourth-order valence-electron chi connectivity index (χ4n) is 2.25.